The summed E-state index contributed by atoms with van der Waals surface area (Å²) in [4.78, 5) is 0. The van der Waals surface area contributed by atoms with E-state index < -0.39 is 6.04 Å². The molecule has 0 fully saturated rings. The van der Waals surface area contributed by atoms with Crippen molar-refractivity contribution in [3.8, 4) is 44.5 Å². The first-order valence-corrected chi connectivity index (χ1v) is 16.0. The molecule has 0 unspecified atom stereocenters. The van der Waals surface area contributed by atoms with Gasteiger partial charge in [0.2, 0.25) is 0 Å². The van der Waals surface area contributed by atoms with Gasteiger partial charge in [0.05, 0.1) is 13.7 Å². The zero-order valence-corrected chi connectivity index (χ0v) is 26.0. The summed E-state index contributed by atoms with van der Waals surface area (Å²) >= 11 is 0. The summed E-state index contributed by atoms with van der Waals surface area (Å²) in [6.07, 6.45) is 0. The molecular weight excluding hydrogens is 593 g/mol. The highest BCUT2D eigenvalue weighted by atomic mass is 16.3. The third-order valence-corrected chi connectivity index (χ3v) is 9.25. The molecule has 0 amide bonds. The highest BCUT2D eigenvalue weighted by Crippen LogP contribution is 2.47. The first-order valence-electron chi connectivity index (χ1n) is 21.0. The minimum Gasteiger partial charge on any atom is -0.456 e. The van der Waals surface area contributed by atoms with Crippen LogP contribution in [0, 0.1) is 0 Å². The van der Waals surface area contributed by atoms with Crippen LogP contribution in [-0.4, -0.2) is 0 Å². The summed E-state index contributed by atoms with van der Waals surface area (Å²) in [6.45, 7) is 0. The van der Waals surface area contributed by atoms with Crippen molar-refractivity contribution in [2.24, 2.45) is 0 Å². The van der Waals surface area contributed by atoms with Gasteiger partial charge in [0, 0.05) is 10.8 Å². The maximum atomic E-state index is 9.51. The molecule has 1 aromatic heterocycles. The number of rotatable bonds is 4. The Kier molecular flexibility index (Phi) is 4.39. The van der Waals surface area contributed by atoms with Crippen LogP contribution in [0.1, 0.15) is 13.7 Å². The van der Waals surface area contributed by atoms with Crippen molar-refractivity contribution >= 4 is 54.3 Å². The number of hydrogen-bond acceptors (Lipinski definition) is 1. The van der Waals surface area contributed by atoms with Gasteiger partial charge in [0.1, 0.15) is 11.2 Å². The topological polar surface area (TPSA) is 13.1 Å². The van der Waals surface area contributed by atoms with Crippen molar-refractivity contribution in [2.75, 3.05) is 0 Å². The summed E-state index contributed by atoms with van der Waals surface area (Å²) < 4.78 is 99.2. The Morgan fingerprint density at radius 2 is 0.959 bits per heavy atom. The van der Waals surface area contributed by atoms with Crippen molar-refractivity contribution in [2.45, 2.75) is 0 Å². The Bertz CT molecular complexity index is 3360. The summed E-state index contributed by atoms with van der Waals surface area (Å²) in [5, 5.41) is 4.21. The van der Waals surface area contributed by atoms with Gasteiger partial charge in [-0.15, -0.1) is 0 Å². The number of furan rings is 1. The van der Waals surface area contributed by atoms with Gasteiger partial charge >= 0.3 is 0 Å². The molecule has 1 heteroatoms. The van der Waals surface area contributed by atoms with E-state index in [0.29, 0.717) is 43.8 Å². The van der Waals surface area contributed by atoms with Crippen molar-refractivity contribution in [3.63, 3.8) is 0 Å². The zero-order chi connectivity index (χ0) is 41.0. The predicted molar refractivity (Wildman–Crippen MR) is 208 cm³/mol. The fraction of sp³-hybridized carbons (Fsp3) is 0. The second-order valence-corrected chi connectivity index (χ2v) is 12.0. The predicted octanol–water partition coefficient (Wildman–Crippen LogP) is 13.7. The molecule has 0 bridgehead atoms. The molecule has 0 aliphatic carbocycles. The second-order valence-electron chi connectivity index (χ2n) is 12.0. The molecule has 0 saturated carbocycles. The number of fused-ring (bicyclic) bond motifs is 6. The first kappa shape index (κ1) is 19.4. The molecule has 0 radical (unpaired) electrons. The first-order chi connectivity index (χ1) is 28.5. The molecule has 1 heterocycles. The average Bonchev–Trinajstić information content (AvgIpc) is 3.66. The van der Waals surface area contributed by atoms with E-state index in [4.69, 9.17) is 8.53 Å². The van der Waals surface area contributed by atoms with Gasteiger partial charge in [-0.05, 0) is 95.0 Å². The fourth-order valence-corrected chi connectivity index (χ4v) is 7.07. The van der Waals surface area contributed by atoms with E-state index in [0.717, 1.165) is 10.8 Å². The lowest BCUT2D eigenvalue weighted by molar-refractivity contribution is 0.669. The smallest absolute Gasteiger partial charge is 0.136 e. The third kappa shape index (κ3) is 4.40. The van der Waals surface area contributed by atoms with Crippen LogP contribution in [0.25, 0.3) is 98.8 Å². The SMILES string of the molecule is [2H]c1c([2H])c(-c2c3ccccc3c(-c3c([2H])c([2H])c([2H])c4oc5c([2H])c(-c6ccccc6)c([2H])c([2H])c5c34)c3ccccc23)c([2H])c([2H])c1-c1cccc2ccccc12. The lowest BCUT2D eigenvalue weighted by Crippen LogP contribution is -1.91. The van der Waals surface area contributed by atoms with Crippen LogP contribution >= 0.6 is 0 Å². The van der Waals surface area contributed by atoms with Gasteiger partial charge in [0.15, 0.2) is 0 Å². The molecule has 10 aromatic rings. The van der Waals surface area contributed by atoms with Crippen molar-refractivity contribution in [3.05, 3.63) is 182 Å². The van der Waals surface area contributed by atoms with Crippen LogP contribution in [0.4, 0.5) is 0 Å². The highest BCUT2D eigenvalue weighted by molar-refractivity contribution is 6.25. The van der Waals surface area contributed by atoms with Crippen LogP contribution in [0.3, 0.4) is 0 Å². The second kappa shape index (κ2) is 11.1. The maximum Gasteiger partial charge on any atom is 0.136 e. The van der Waals surface area contributed by atoms with E-state index >= 15 is 0 Å². The van der Waals surface area contributed by atoms with Gasteiger partial charge in [-0.1, -0.05) is 164 Å². The van der Waals surface area contributed by atoms with Crippen molar-refractivity contribution in [1.29, 1.82) is 0 Å². The number of benzene rings is 9. The summed E-state index contributed by atoms with van der Waals surface area (Å²) in [5.41, 5.74) is 2.65. The Morgan fingerprint density at radius 1 is 0.367 bits per heavy atom. The highest BCUT2D eigenvalue weighted by Gasteiger charge is 2.20. The van der Waals surface area contributed by atoms with Crippen LogP contribution in [0.5, 0.6) is 0 Å². The molecule has 0 N–H and O–H groups in total. The molecule has 49 heavy (non-hydrogen) atoms. The lowest BCUT2D eigenvalue weighted by Gasteiger charge is -2.18. The van der Waals surface area contributed by atoms with E-state index in [-0.39, 0.29) is 98.6 Å². The maximum absolute atomic E-state index is 9.51. The van der Waals surface area contributed by atoms with Gasteiger partial charge in [0.25, 0.3) is 0 Å². The van der Waals surface area contributed by atoms with E-state index in [1.165, 1.54) is 0 Å². The summed E-state index contributed by atoms with van der Waals surface area (Å²) in [6, 6.07) is 34.1. The Balaban J connectivity index is 1.33. The molecular formula is C48H30O. The van der Waals surface area contributed by atoms with Gasteiger partial charge in [-0.3, -0.25) is 0 Å². The van der Waals surface area contributed by atoms with Gasteiger partial charge in [-0.2, -0.15) is 0 Å². The molecule has 0 atom stereocenters. The minimum absolute atomic E-state index is 0.0280. The summed E-state index contributed by atoms with van der Waals surface area (Å²) in [7, 11) is 0. The Labute approximate surface area is 298 Å². The van der Waals surface area contributed by atoms with Crippen LogP contribution < -0.4 is 0 Å². The molecule has 1 nitrogen and oxygen atoms in total. The molecule has 228 valence electrons. The average molecular weight is 633 g/mol. The molecule has 10 rings (SSSR count). The summed E-state index contributed by atoms with van der Waals surface area (Å²) in [5.74, 6) is 0. The molecule has 9 aromatic carbocycles. The van der Waals surface area contributed by atoms with Gasteiger partial charge < -0.3 is 4.42 Å². The third-order valence-electron chi connectivity index (χ3n) is 9.25. The number of hydrogen-bond donors (Lipinski definition) is 0. The lowest BCUT2D eigenvalue weighted by atomic mass is 9.84. The van der Waals surface area contributed by atoms with Crippen LogP contribution in [-0.2, 0) is 0 Å². The minimum atomic E-state index is -0.417. The standard InChI is InChI=1S/C48H30O/c1-2-12-31(13-3-1)35-28-29-42-45(30-35)49-44-23-11-22-43(48(42)44)47-40-19-8-6-17-38(40)46(39-18-7-9-20-41(39)47)34-26-24-33(25-27-34)37-21-10-15-32-14-4-5-16-36(32)37/h1-30H/i11D,22D,23D,24D,25D,26D,27D,28D,29D,30D. The fourth-order valence-electron chi connectivity index (χ4n) is 7.07. The van der Waals surface area contributed by atoms with E-state index in [2.05, 4.69) is 0 Å². The van der Waals surface area contributed by atoms with E-state index in [9.17, 15) is 9.60 Å². The quantitative estimate of drug-likeness (QED) is 0.176. The monoisotopic (exact) mass is 632 g/mol. The van der Waals surface area contributed by atoms with Crippen molar-refractivity contribution in [1.82, 2.24) is 0 Å². The van der Waals surface area contributed by atoms with Gasteiger partial charge in [-0.25, -0.2) is 0 Å². The van der Waals surface area contributed by atoms with Crippen LogP contribution in [0.2, 0.25) is 0 Å². The molecule has 0 aliphatic heterocycles. The van der Waals surface area contributed by atoms with Crippen molar-refractivity contribution < 1.29 is 18.1 Å². The Hall–Kier alpha value is -6.44. The van der Waals surface area contributed by atoms with Crippen LogP contribution in [0.15, 0.2) is 186 Å². The molecule has 0 saturated heterocycles. The van der Waals surface area contributed by atoms with E-state index in [1.54, 1.807) is 24.3 Å². The van der Waals surface area contributed by atoms with E-state index in [1.807, 2.05) is 97.1 Å². The normalized spacial score (nSPS) is 14.5. The molecule has 0 aliphatic rings. The molecule has 0 spiro atoms. The zero-order valence-electron chi connectivity index (χ0n) is 36.0. The largest absolute Gasteiger partial charge is 0.456 e. The Morgan fingerprint density at radius 3 is 1.69 bits per heavy atom.